The Morgan fingerprint density at radius 3 is 2.67 bits per heavy atom. The second-order valence-electron chi connectivity index (χ2n) is 6.37. The van der Waals surface area contributed by atoms with E-state index >= 15 is 0 Å². The smallest absolute Gasteiger partial charge is 0.408 e. The molecule has 0 saturated carbocycles. The number of fused-ring (bicyclic) bond motifs is 1. The summed E-state index contributed by atoms with van der Waals surface area (Å²) in [6.45, 7) is 0.0916. The van der Waals surface area contributed by atoms with Gasteiger partial charge < -0.3 is 14.6 Å². The van der Waals surface area contributed by atoms with Crippen LogP contribution in [0, 0.1) is 5.82 Å². The van der Waals surface area contributed by atoms with Gasteiger partial charge in [0.05, 0.1) is 11.6 Å². The Morgan fingerprint density at radius 1 is 1.15 bits per heavy atom. The lowest BCUT2D eigenvalue weighted by atomic mass is 10.2. The van der Waals surface area contributed by atoms with Crippen molar-refractivity contribution in [3.05, 3.63) is 64.9 Å². The third-order valence-corrected chi connectivity index (χ3v) is 4.50. The van der Waals surface area contributed by atoms with Gasteiger partial charge in [0.15, 0.2) is 5.58 Å². The van der Waals surface area contributed by atoms with Crippen LogP contribution in [-0.4, -0.2) is 29.0 Å². The molecule has 1 fully saturated rings. The molecule has 2 heterocycles. The Hall–Kier alpha value is -3.42. The van der Waals surface area contributed by atoms with E-state index in [-0.39, 0.29) is 43.2 Å². The Labute approximate surface area is 153 Å². The molecule has 0 spiro atoms. The van der Waals surface area contributed by atoms with E-state index in [1.165, 1.54) is 33.7 Å². The van der Waals surface area contributed by atoms with Crippen molar-refractivity contribution >= 4 is 28.6 Å². The maximum Gasteiger partial charge on any atom is 0.420 e. The van der Waals surface area contributed by atoms with Crippen molar-refractivity contribution in [2.75, 3.05) is 11.4 Å². The summed E-state index contributed by atoms with van der Waals surface area (Å²) < 4.78 is 19.4. The fraction of sp³-hybridized carbons (Fsp3) is 0.211. The Morgan fingerprint density at radius 2 is 1.89 bits per heavy atom. The van der Waals surface area contributed by atoms with Gasteiger partial charge in [-0.1, -0.05) is 12.1 Å². The monoisotopic (exact) mass is 369 g/mol. The van der Waals surface area contributed by atoms with Crippen LogP contribution < -0.4 is 16.0 Å². The van der Waals surface area contributed by atoms with E-state index in [0.29, 0.717) is 16.8 Å². The lowest BCUT2D eigenvalue weighted by Gasteiger charge is -2.17. The van der Waals surface area contributed by atoms with Gasteiger partial charge in [0.1, 0.15) is 12.4 Å². The highest BCUT2D eigenvalue weighted by atomic mass is 19.1. The van der Waals surface area contributed by atoms with Crippen LogP contribution in [0.15, 0.2) is 57.7 Å². The summed E-state index contributed by atoms with van der Waals surface area (Å²) >= 11 is 0. The zero-order valence-corrected chi connectivity index (χ0v) is 14.2. The van der Waals surface area contributed by atoms with Gasteiger partial charge in [-0.05, 0) is 36.4 Å². The topological polar surface area (TPSA) is 84.5 Å². The van der Waals surface area contributed by atoms with Gasteiger partial charge in [-0.2, -0.15) is 0 Å². The molecule has 138 valence electrons. The number of rotatable bonds is 4. The van der Waals surface area contributed by atoms with Crippen LogP contribution in [0.2, 0.25) is 0 Å². The van der Waals surface area contributed by atoms with Gasteiger partial charge in [0, 0.05) is 18.7 Å². The van der Waals surface area contributed by atoms with Crippen LogP contribution in [0.4, 0.5) is 10.1 Å². The largest absolute Gasteiger partial charge is 0.420 e. The predicted molar refractivity (Wildman–Crippen MR) is 95.8 cm³/mol. The highest BCUT2D eigenvalue weighted by Crippen LogP contribution is 2.22. The Balaban J connectivity index is 1.44. The highest BCUT2D eigenvalue weighted by Gasteiger charge is 2.31. The third kappa shape index (κ3) is 3.33. The summed E-state index contributed by atoms with van der Waals surface area (Å²) in [6, 6.07) is 12.1. The average molecular weight is 369 g/mol. The molecular weight excluding hydrogens is 353 g/mol. The third-order valence-electron chi connectivity index (χ3n) is 4.50. The first-order valence-electron chi connectivity index (χ1n) is 8.45. The molecule has 2 amide bonds. The molecule has 1 atom stereocenters. The highest BCUT2D eigenvalue weighted by molar-refractivity contribution is 5.96. The Bertz CT molecular complexity index is 1070. The molecule has 0 radical (unpaired) electrons. The number of aromatic nitrogens is 1. The molecule has 1 aliphatic heterocycles. The van der Waals surface area contributed by atoms with Gasteiger partial charge in [-0.3, -0.25) is 14.2 Å². The summed E-state index contributed by atoms with van der Waals surface area (Å²) in [6.07, 6.45) is 0.143. The lowest BCUT2D eigenvalue weighted by Crippen LogP contribution is -2.40. The number of hydrogen-bond donors (Lipinski definition) is 1. The standard InChI is InChI=1S/C19H16FN3O4/c20-12-5-7-14(8-6-12)22-10-13(9-18(22)25)21-17(24)11-23-15-3-1-2-4-16(15)27-19(23)26/h1-8,13H,9-11H2,(H,21,24)/t13-/m1/s1. The minimum Gasteiger partial charge on any atom is -0.408 e. The number of carbonyl (C=O) groups is 2. The number of hydrogen-bond acceptors (Lipinski definition) is 4. The van der Waals surface area contributed by atoms with Gasteiger partial charge >= 0.3 is 5.76 Å². The zero-order chi connectivity index (χ0) is 19.0. The van der Waals surface area contributed by atoms with Crippen molar-refractivity contribution in [2.24, 2.45) is 0 Å². The molecule has 0 unspecified atom stereocenters. The maximum atomic E-state index is 13.0. The van der Waals surface area contributed by atoms with Crippen molar-refractivity contribution in [1.29, 1.82) is 0 Å². The summed E-state index contributed by atoms with van der Waals surface area (Å²) in [5, 5.41) is 2.77. The first kappa shape index (κ1) is 17.0. The molecule has 1 aliphatic rings. The molecule has 1 aromatic heterocycles. The van der Waals surface area contributed by atoms with Crippen molar-refractivity contribution in [3.63, 3.8) is 0 Å². The van der Waals surface area contributed by atoms with Crippen LogP contribution in [0.25, 0.3) is 11.1 Å². The molecule has 1 N–H and O–H groups in total. The maximum absolute atomic E-state index is 13.0. The van der Waals surface area contributed by atoms with Gasteiger partial charge in [-0.15, -0.1) is 0 Å². The number of para-hydroxylation sites is 2. The van der Waals surface area contributed by atoms with Crippen molar-refractivity contribution in [3.8, 4) is 0 Å². The van der Waals surface area contributed by atoms with Crippen LogP contribution in [-0.2, 0) is 16.1 Å². The van der Waals surface area contributed by atoms with E-state index in [9.17, 15) is 18.8 Å². The number of amides is 2. The zero-order valence-electron chi connectivity index (χ0n) is 14.2. The molecule has 3 aromatic rings. The number of oxazole rings is 1. The molecule has 2 aromatic carbocycles. The second kappa shape index (κ2) is 6.71. The summed E-state index contributed by atoms with van der Waals surface area (Å²) in [5.74, 6) is -1.53. The fourth-order valence-corrected chi connectivity index (χ4v) is 3.26. The van der Waals surface area contributed by atoms with Crippen LogP contribution in [0.1, 0.15) is 6.42 Å². The second-order valence-corrected chi connectivity index (χ2v) is 6.37. The molecule has 1 saturated heterocycles. The lowest BCUT2D eigenvalue weighted by molar-refractivity contribution is -0.122. The molecule has 8 heteroatoms. The van der Waals surface area contributed by atoms with E-state index in [0.717, 1.165) is 0 Å². The molecule has 0 bridgehead atoms. The quantitative estimate of drug-likeness (QED) is 0.758. The normalized spacial score (nSPS) is 16.9. The molecule has 0 aliphatic carbocycles. The Kier molecular flexibility index (Phi) is 4.23. The molecular formula is C19H16FN3O4. The number of anilines is 1. The average Bonchev–Trinajstić information content (AvgIpc) is 3.15. The van der Waals surface area contributed by atoms with Crippen LogP contribution in [0.5, 0.6) is 0 Å². The van der Waals surface area contributed by atoms with Crippen molar-refractivity contribution < 1.29 is 18.4 Å². The van der Waals surface area contributed by atoms with Crippen molar-refractivity contribution in [2.45, 2.75) is 19.0 Å². The van der Waals surface area contributed by atoms with Gasteiger partial charge in [0.25, 0.3) is 0 Å². The number of halogens is 1. The van der Waals surface area contributed by atoms with Gasteiger partial charge in [-0.25, -0.2) is 9.18 Å². The summed E-state index contributed by atoms with van der Waals surface area (Å²) in [4.78, 5) is 38.0. The number of benzene rings is 2. The summed E-state index contributed by atoms with van der Waals surface area (Å²) in [5.41, 5.74) is 1.53. The molecule has 7 nitrogen and oxygen atoms in total. The van der Waals surface area contributed by atoms with Crippen LogP contribution >= 0.6 is 0 Å². The van der Waals surface area contributed by atoms with E-state index < -0.39 is 5.76 Å². The molecule has 27 heavy (non-hydrogen) atoms. The number of nitrogens with zero attached hydrogens (tertiary/aromatic N) is 2. The fourth-order valence-electron chi connectivity index (χ4n) is 3.26. The van der Waals surface area contributed by atoms with Crippen molar-refractivity contribution in [1.82, 2.24) is 9.88 Å². The first-order valence-corrected chi connectivity index (χ1v) is 8.45. The van der Waals surface area contributed by atoms with E-state index in [1.807, 2.05) is 0 Å². The van der Waals surface area contributed by atoms with E-state index in [2.05, 4.69) is 5.32 Å². The minimum atomic E-state index is -0.609. The number of nitrogens with one attached hydrogen (secondary N) is 1. The number of carbonyl (C=O) groups excluding carboxylic acids is 2. The SMILES string of the molecule is O=C(Cn1c(=O)oc2ccccc21)N[C@@H]1CC(=O)N(c2ccc(F)cc2)C1. The first-order chi connectivity index (χ1) is 13.0. The molecule has 4 rings (SSSR count). The summed E-state index contributed by atoms with van der Waals surface area (Å²) in [7, 11) is 0. The minimum absolute atomic E-state index is 0.143. The predicted octanol–water partition coefficient (Wildman–Crippen LogP) is 1.66. The van der Waals surface area contributed by atoms with E-state index in [4.69, 9.17) is 4.42 Å². The van der Waals surface area contributed by atoms with Gasteiger partial charge in [0.2, 0.25) is 11.8 Å². The van der Waals surface area contributed by atoms with Crippen LogP contribution in [0.3, 0.4) is 0 Å². The van der Waals surface area contributed by atoms with E-state index in [1.54, 1.807) is 24.3 Å².